The van der Waals surface area contributed by atoms with Crippen LogP contribution in [0.15, 0.2) is 53.5 Å². The number of pyridine rings is 1. The van der Waals surface area contributed by atoms with Gasteiger partial charge in [0.05, 0.1) is 11.2 Å². The Bertz CT molecular complexity index is 1060. The highest BCUT2D eigenvalue weighted by Gasteiger charge is 2.21. The zero-order valence-electron chi connectivity index (χ0n) is 17.5. The first-order valence-corrected chi connectivity index (χ1v) is 10.8. The molecule has 7 heteroatoms. The first-order chi connectivity index (χ1) is 14.7. The van der Waals surface area contributed by atoms with E-state index >= 15 is 0 Å². The maximum absolute atomic E-state index is 13.1. The van der Waals surface area contributed by atoms with Crippen LogP contribution in [0, 0.1) is 0 Å². The van der Waals surface area contributed by atoms with Crippen LogP contribution in [0.5, 0.6) is 0 Å². The van der Waals surface area contributed by atoms with Gasteiger partial charge in [-0.1, -0.05) is 31.5 Å². The normalized spacial score (nSPS) is 17.3. The minimum atomic E-state index is -0.257. The number of amides is 1. The molecule has 0 unspecified atom stereocenters. The number of likely N-dealkylation sites (tertiary alicyclic amines) is 1. The maximum Gasteiger partial charge on any atom is 0.335 e. The van der Waals surface area contributed by atoms with Crippen molar-refractivity contribution >= 4 is 17.1 Å². The Morgan fingerprint density at radius 3 is 2.80 bits per heavy atom. The molecule has 30 heavy (non-hydrogen) atoms. The number of fused-ring (bicyclic) bond motifs is 1. The van der Waals surface area contributed by atoms with Crippen LogP contribution < -0.4 is 11.0 Å². The highest BCUT2D eigenvalue weighted by Crippen LogP contribution is 2.18. The average molecular weight is 408 g/mol. The third kappa shape index (κ3) is 4.16. The summed E-state index contributed by atoms with van der Waals surface area (Å²) in [6.45, 7) is 4.76. The molecule has 1 N–H and O–H groups in total. The first-order valence-electron chi connectivity index (χ1n) is 10.8. The number of carbonyl (C=O) groups is 1. The molecule has 2 aromatic heterocycles. The first kappa shape index (κ1) is 20.3. The summed E-state index contributed by atoms with van der Waals surface area (Å²) in [5.74, 6) is -0.155. The molecule has 1 amide bonds. The van der Waals surface area contributed by atoms with Crippen LogP contribution in [0.25, 0.3) is 16.9 Å². The molecule has 3 heterocycles. The molecular weight excluding hydrogens is 378 g/mol. The molecule has 158 valence electrons. The van der Waals surface area contributed by atoms with Crippen LogP contribution in [-0.2, 0) is 11.3 Å². The summed E-state index contributed by atoms with van der Waals surface area (Å²) < 4.78 is 3.06. The molecule has 0 aliphatic carbocycles. The van der Waals surface area contributed by atoms with Gasteiger partial charge in [-0.2, -0.15) is 0 Å². The molecule has 0 saturated carbocycles. The summed E-state index contributed by atoms with van der Waals surface area (Å²) in [4.78, 5) is 32.6. The molecule has 4 rings (SSSR count). The Morgan fingerprint density at radius 1 is 1.17 bits per heavy atom. The van der Waals surface area contributed by atoms with E-state index in [9.17, 15) is 9.59 Å². The fourth-order valence-corrected chi connectivity index (χ4v) is 4.40. The third-order valence-corrected chi connectivity index (χ3v) is 5.95. The number of carbonyl (C=O) groups excluding carboxylic acids is 1. The lowest BCUT2D eigenvalue weighted by Crippen LogP contribution is -2.44. The van der Waals surface area contributed by atoms with E-state index in [2.05, 4.69) is 22.1 Å². The summed E-state index contributed by atoms with van der Waals surface area (Å²) in [5.41, 5.74) is 1.69. The molecule has 3 aromatic rings. The number of nitrogens with one attached hydrogen (secondary N) is 1. The van der Waals surface area contributed by atoms with E-state index < -0.39 is 0 Å². The minimum Gasteiger partial charge on any atom is -0.353 e. The Labute approximate surface area is 176 Å². The van der Waals surface area contributed by atoms with E-state index in [1.807, 2.05) is 36.4 Å². The van der Waals surface area contributed by atoms with Crippen molar-refractivity contribution in [1.82, 2.24) is 24.3 Å². The fraction of sp³-hybridized carbons (Fsp3) is 0.435. The Kier molecular flexibility index (Phi) is 6.28. The lowest BCUT2D eigenvalue weighted by Gasteiger charge is -2.35. The smallest absolute Gasteiger partial charge is 0.335 e. The van der Waals surface area contributed by atoms with E-state index in [1.165, 1.54) is 23.8 Å². The second kappa shape index (κ2) is 9.26. The fourth-order valence-electron chi connectivity index (χ4n) is 4.40. The van der Waals surface area contributed by atoms with E-state index in [4.69, 9.17) is 0 Å². The monoisotopic (exact) mass is 407 g/mol. The standard InChI is InChI=1S/C23H29N5O2/c1-2-18-9-6-7-15-26(18)16-14-24-21(29)17-27-20-12-8-13-25-22(20)28(23(27)30)19-10-4-3-5-11-19/h3-5,8,10-13,18H,2,6-7,9,14-17H2,1H3,(H,24,29)/t18-/m1/s1. The number of rotatable bonds is 7. The van der Waals surface area contributed by atoms with Gasteiger partial charge in [0.1, 0.15) is 6.54 Å². The summed E-state index contributed by atoms with van der Waals surface area (Å²) in [7, 11) is 0. The van der Waals surface area contributed by atoms with Gasteiger partial charge >= 0.3 is 5.69 Å². The summed E-state index contributed by atoms with van der Waals surface area (Å²) in [6, 6.07) is 13.6. The van der Waals surface area contributed by atoms with Gasteiger partial charge in [-0.25, -0.2) is 14.3 Å². The molecule has 0 radical (unpaired) electrons. The van der Waals surface area contributed by atoms with Crippen molar-refractivity contribution in [2.24, 2.45) is 0 Å². The highest BCUT2D eigenvalue weighted by atomic mass is 16.2. The number of imidazole rings is 1. The minimum absolute atomic E-state index is 0.0158. The largest absolute Gasteiger partial charge is 0.353 e. The zero-order valence-corrected chi connectivity index (χ0v) is 17.5. The topological polar surface area (TPSA) is 72.2 Å². The van der Waals surface area contributed by atoms with Gasteiger partial charge in [-0.05, 0) is 50.1 Å². The Morgan fingerprint density at radius 2 is 2.00 bits per heavy atom. The number of nitrogens with zero attached hydrogens (tertiary/aromatic N) is 4. The van der Waals surface area contributed by atoms with Crippen LogP contribution in [-0.4, -0.2) is 50.6 Å². The number of aromatic nitrogens is 3. The van der Waals surface area contributed by atoms with Gasteiger partial charge in [-0.3, -0.25) is 14.3 Å². The Balaban J connectivity index is 1.48. The van der Waals surface area contributed by atoms with Crippen LogP contribution in [0.2, 0.25) is 0 Å². The van der Waals surface area contributed by atoms with Crippen LogP contribution in [0.3, 0.4) is 0 Å². The SMILES string of the molecule is CC[C@@H]1CCCCN1CCNC(=O)Cn1c(=O)n(-c2ccccc2)c2ncccc21. The van der Waals surface area contributed by atoms with Gasteiger partial charge in [0, 0.05) is 25.3 Å². The Hall–Kier alpha value is -2.93. The highest BCUT2D eigenvalue weighted by molar-refractivity contribution is 5.80. The molecule has 0 bridgehead atoms. The van der Waals surface area contributed by atoms with Crippen molar-refractivity contribution in [3.63, 3.8) is 0 Å². The van der Waals surface area contributed by atoms with Gasteiger partial charge in [-0.15, -0.1) is 0 Å². The van der Waals surface area contributed by atoms with E-state index in [-0.39, 0.29) is 18.1 Å². The van der Waals surface area contributed by atoms with E-state index in [1.54, 1.807) is 16.8 Å². The summed E-state index contributed by atoms with van der Waals surface area (Å²) in [5, 5.41) is 2.99. The lowest BCUT2D eigenvalue weighted by atomic mass is 10.0. The van der Waals surface area contributed by atoms with Crippen molar-refractivity contribution < 1.29 is 4.79 Å². The number of hydrogen-bond donors (Lipinski definition) is 1. The molecule has 0 spiro atoms. The van der Waals surface area contributed by atoms with Crippen LogP contribution >= 0.6 is 0 Å². The molecule has 1 aromatic carbocycles. The number of piperidine rings is 1. The molecule has 1 aliphatic rings. The molecule has 1 atom stereocenters. The van der Waals surface area contributed by atoms with Crippen molar-refractivity contribution in [2.45, 2.75) is 45.2 Å². The molecular formula is C23H29N5O2. The number of para-hydroxylation sites is 1. The second-order valence-electron chi connectivity index (χ2n) is 7.83. The van der Waals surface area contributed by atoms with Crippen molar-refractivity contribution in [3.05, 3.63) is 59.1 Å². The molecule has 1 fully saturated rings. The van der Waals surface area contributed by atoms with Crippen LogP contribution in [0.4, 0.5) is 0 Å². The maximum atomic E-state index is 13.1. The van der Waals surface area contributed by atoms with Gasteiger partial charge in [0.15, 0.2) is 5.65 Å². The van der Waals surface area contributed by atoms with Crippen molar-refractivity contribution in [3.8, 4) is 5.69 Å². The van der Waals surface area contributed by atoms with Crippen molar-refractivity contribution in [2.75, 3.05) is 19.6 Å². The van der Waals surface area contributed by atoms with E-state index in [0.717, 1.165) is 25.2 Å². The predicted molar refractivity (Wildman–Crippen MR) is 118 cm³/mol. The number of hydrogen-bond acceptors (Lipinski definition) is 4. The molecule has 7 nitrogen and oxygen atoms in total. The molecule has 1 saturated heterocycles. The van der Waals surface area contributed by atoms with Gasteiger partial charge < -0.3 is 5.32 Å². The van der Waals surface area contributed by atoms with Gasteiger partial charge in [0.25, 0.3) is 0 Å². The predicted octanol–water partition coefficient (Wildman–Crippen LogP) is 2.57. The quantitative estimate of drug-likeness (QED) is 0.653. The molecule has 1 aliphatic heterocycles. The van der Waals surface area contributed by atoms with E-state index in [0.29, 0.717) is 23.8 Å². The second-order valence-corrected chi connectivity index (χ2v) is 7.83. The summed E-state index contributed by atoms with van der Waals surface area (Å²) in [6.07, 6.45) is 6.57. The van der Waals surface area contributed by atoms with Crippen molar-refractivity contribution in [1.29, 1.82) is 0 Å². The average Bonchev–Trinajstić information content (AvgIpc) is 3.06. The zero-order chi connectivity index (χ0) is 20.9. The lowest BCUT2D eigenvalue weighted by molar-refractivity contribution is -0.121. The van der Waals surface area contributed by atoms with Crippen LogP contribution in [0.1, 0.15) is 32.6 Å². The van der Waals surface area contributed by atoms with Gasteiger partial charge in [0.2, 0.25) is 5.91 Å². The summed E-state index contributed by atoms with van der Waals surface area (Å²) >= 11 is 0. The third-order valence-electron chi connectivity index (χ3n) is 5.95. The number of benzene rings is 1.